The number of rotatable bonds is 4. The molecule has 0 aliphatic rings. The largest absolute Gasteiger partial charge is 0.477 e. The fraction of sp³-hybridized carbons (Fsp3) is 0.400. The molecule has 1 heterocycles. The highest BCUT2D eigenvalue weighted by Crippen LogP contribution is 2.18. The maximum Gasteiger partial charge on any atom is 0.348 e. The van der Waals surface area contributed by atoms with E-state index in [1.807, 2.05) is 0 Å². The second kappa shape index (κ2) is 5.09. The molecule has 2 unspecified atom stereocenters. The first-order valence-electron chi connectivity index (χ1n) is 4.64. The smallest absolute Gasteiger partial charge is 0.348 e. The number of carboxylic acid groups (broad SMARTS) is 1. The number of aliphatic hydroxyl groups is 1. The lowest BCUT2D eigenvalue weighted by Gasteiger charge is -2.14. The van der Waals surface area contributed by atoms with Crippen molar-refractivity contribution in [3.63, 3.8) is 0 Å². The highest BCUT2D eigenvalue weighted by atomic mass is 32.1. The number of carbonyl (C=O) groups excluding carboxylic acids is 1. The van der Waals surface area contributed by atoms with Crippen LogP contribution in [0, 0.1) is 0 Å². The fourth-order valence-electron chi connectivity index (χ4n) is 0.888. The SMILES string of the molecule is CC(O)C(C)OC(=O)c1ccc(C(=O)O)s1. The minimum Gasteiger partial charge on any atom is -0.477 e. The molecule has 0 aromatic carbocycles. The van der Waals surface area contributed by atoms with Crippen molar-refractivity contribution in [3.8, 4) is 0 Å². The summed E-state index contributed by atoms with van der Waals surface area (Å²) in [6, 6.07) is 2.74. The fourth-order valence-corrected chi connectivity index (χ4v) is 1.62. The Bertz CT molecular complexity index is 396. The molecule has 6 heteroatoms. The molecule has 2 atom stereocenters. The summed E-state index contributed by atoms with van der Waals surface area (Å²) in [5, 5.41) is 17.8. The maximum absolute atomic E-state index is 11.5. The van der Waals surface area contributed by atoms with Crippen LogP contribution < -0.4 is 0 Å². The van der Waals surface area contributed by atoms with Gasteiger partial charge in [-0.3, -0.25) is 0 Å². The van der Waals surface area contributed by atoms with Crippen molar-refractivity contribution in [2.75, 3.05) is 0 Å². The Labute approximate surface area is 96.3 Å². The van der Waals surface area contributed by atoms with E-state index in [1.54, 1.807) is 6.92 Å². The number of thiophene rings is 1. The van der Waals surface area contributed by atoms with Gasteiger partial charge in [-0.05, 0) is 26.0 Å². The first-order valence-corrected chi connectivity index (χ1v) is 5.45. The number of carbonyl (C=O) groups is 2. The van der Waals surface area contributed by atoms with Crippen molar-refractivity contribution in [1.82, 2.24) is 0 Å². The maximum atomic E-state index is 11.5. The molecule has 0 radical (unpaired) electrons. The van der Waals surface area contributed by atoms with Crippen LogP contribution in [0.4, 0.5) is 0 Å². The summed E-state index contributed by atoms with van der Waals surface area (Å²) in [5.41, 5.74) is 0. The van der Waals surface area contributed by atoms with Crippen molar-refractivity contribution < 1.29 is 24.5 Å². The number of esters is 1. The molecule has 16 heavy (non-hydrogen) atoms. The van der Waals surface area contributed by atoms with Crippen LogP contribution in [-0.2, 0) is 4.74 Å². The predicted octanol–water partition coefficient (Wildman–Crippen LogP) is 1.37. The van der Waals surface area contributed by atoms with Gasteiger partial charge in [0.05, 0.1) is 6.10 Å². The quantitative estimate of drug-likeness (QED) is 0.781. The Morgan fingerprint density at radius 2 is 1.88 bits per heavy atom. The Morgan fingerprint density at radius 1 is 1.31 bits per heavy atom. The van der Waals surface area contributed by atoms with Crippen LogP contribution in [0.2, 0.25) is 0 Å². The summed E-state index contributed by atoms with van der Waals surface area (Å²) in [6.07, 6.45) is -1.38. The minimum atomic E-state index is -1.08. The third-order valence-corrected chi connectivity index (χ3v) is 3.04. The van der Waals surface area contributed by atoms with Crippen LogP contribution in [0.25, 0.3) is 0 Å². The predicted molar refractivity (Wildman–Crippen MR) is 57.8 cm³/mol. The lowest BCUT2D eigenvalue weighted by atomic mass is 10.2. The van der Waals surface area contributed by atoms with E-state index < -0.39 is 24.1 Å². The van der Waals surface area contributed by atoms with Crippen LogP contribution in [0.1, 0.15) is 33.2 Å². The molecule has 88 valence electrons. The number of aliphatic hydroxyl groups excluding tert-OH is 1. The number of ether oxygens (including phenoxy) is 1. The molecule has 0 saturated carbocycles. The summed E-state index contributed by atoms with van der Waals surface area (Å²) < 4.78 is 4.92. The molecule has 0 fully saturated rings. The van der Waals surface area contributed by atoms with Gasteiger partial charge in [0.1, 0.15) is 15.9 Å². The van der Waals surface area contributed by atoms with Gasteiger partial charge in [-0.15, -0.1) is 11.3 Å². The lowest BCUT2D eigenvalue weighted by Crippen LogP contribution is -2.25. The van der Waals surface area contributed by atoms with Crippen molar-refractivity contribution in [1.29, 1.82) is 0 Å². The van der Waals surface area contributed by atoms with Crippen LogP contribution in [0.15, 0.2) is 12.1 Å². The highest BCUT2D eigenvalue weighted by molar-refractivity contribution is 7.15. The monoisotopic (exact) mass is 244 g/mol. The number of hydrogen-bond acceptors (Lipinski definition) is 5. The Morgan fingerprint density at radius 3 is 2.31 bits per heavy atom. The normalized spacial score (nSPS) is 14.2. The molecular formula is C10H12O5S. The Hall–Kier alpha value is -1.40. The zero-order chi connectivity index (χ0) is 12.3. The van der Waals surface area contributed by atoms with Gasteiger partial charge in [0.2, 0.25) is 0 Å². The van der Waals surface area contributed by atoms with E-state index in [4.69, 9.17) is 14.9 Å². The van der Waals surface area contributed by atoms with Gasteiger partial charge in [-0.2, -0.15) is 0 Å². The lowest BCUT2D eigenvalue weighted by molar-refractivity contribution is -0.00425. The molecule has 5 nitrogen and oxygen atoms in total. The molecule has 0 amide bonds. The molecular weight excluding hydrogens is 232 g/mol. The van der Waals surface area contributed by atoms with E-state index >= 15 is 0 Å². The first-order chi connectivity index (χ1) is 7.41. The molecule has 2 N–H and O–H groups in total. The van der Waals surface area contributed by atoms with E-state index in [1.165, 1.54) is 19.1 Å². The molecule has 0 aliphatic heterocycles. The van der Waals surface area contributed by atoms with Crippen LogP contribution >= 0.6 is 11.3 Å². The standard InChI is InChI=1S/C10H12O5S/c1-5(11)6(2)15-10(14)8-4-3-7(16-8)9(12)13/h3-6,11H,1-2H3,(H,12,13). The molecule has 0 aliphatic carbocycles. The number of carboxylic acids is 1. The average Bonchev–Trinajstić information content (AvgIpc) is 2.65. The number of hydrogen-bond donors (Lipinski definition) is 2. The molecule has 1 aromatic heterocycles. The molecule has 0 saturated heterocycles. The summed E-state index contributed by atoms with van der Waals surface area (Å²) in [4.78, 5) is 22.4. The van der Waals surface area contributed by atoms with E-state index in [9.17, 15) is 9.59 Å². The third kappa shape index (κ3) is 3.04. The van der Waals surface area contributed by atoms with Crippen LogP contribution in [0.5, 0.6) is 0 Å². The van der Waals surface area contributed by atoms with E-state index in [2.05, 4.69) is 0 Å². The zero-order valence-electron chi connectivity index (χ0n) is 8.84. The van der Waals surface area contributed by atoms with Crippen LogP contribution in [-0.4, -0.2) is 34.4 Å². The second-order valence-electron chi connectivity index (χ2n) is 3.32. The van der Waals surface area contributed by atoms with Gasteiger partial charge >= 0.3 is 11.9 Å². The van der Waals surface area contributed by atoms with Crippen LogP contribution in [0.3, 0.4) is 0 Å². The summed E-state index contributed by atoms with van der Waals surface area (Å²) in [6.45, 7) is 3.07. The van der Waals surface area contributed by atoms with E-state index in [-0.39, 0.29) is 9.75 Å². The zero-order valence-corrected chi connectivity index (χ0v) is 9.65. The van der Waals surface area contributed by atoms with Gasteiger partial charge in [0.25, 0.3) is 0 Å². The first kappa shape index (κ1) is 12.7. The van der Waals surface area contributed by atoms with Gasteiger partial charge in [0, 0.05) is 0 Å². The Kier molecular flexibility index (Phi) is 4.03. The summed E-state index contributed by atoms with van der Waals surface area (Å²) in [5.74, 6) is -1.70. The van der Waals surface area contributed by atoms with Gasteiger partial charge in [0.15, 0.2) is 0 Å². The van der Waals surface area contributed by atoms with Gasteiger partial charge < -0.3 is 14.9 Å². The summed E-state index contributed by atoms with van der Waals surface area (Å²) >= 11 is 0.847. The van der Waals surface area contributed by atoms with Crippen molar-refractivity contribution in [2.24, 2.45) is 0 Å². The third-order valence-electron chi connectivity index (χ3n) is 1.99. The van der Waals surface area contributed by atoms with Crippen molar-refractivity contribution >= 4 is 23.3 Å². The minimum absolute atomic E-state index is 0.0802. The topological polar surface area (TPSA) is 83.8 Å². The summed E-state index contributed by atoms with van der Waals surface area (Å²) in [7, 11) is 0. The van der Waals surface area contributed by atoms with Gasteiger partial charge in [-0.25, -0.2) is 9.59 Å². The molecule has 1 rings (SSSR count). The second-order valence-corrected chi connectivity index (χ2v) is 4.40. The van der Waals surface area contributed by atoms with E-state index in [0.717, 1.165) is 11.3 Å². The van der Waals surface area contributed by atoms with Gasteiger partial charge in [-0.1, -0.05) is 0 Å². The molecule has 1 aromatic rings. The van der Waals surface area contributed by atoms with E-state index in [0.29, 0.717) is 0 Å². The molecule has 0 spiro atoms. The average molecular weight is 244 g/mol. The molecule has 0 bridgehead atoms. The van der Waals surface area contributed by atoms with Crippen molar-refractivity contribution in [3.05, 3.63) is 21.9 Å². The number of aromatic carboxylic acids is 1. The van der Waals surface area contributed by atoms with Crippen molar-refractivity contribution in [2.45, 2.75) is 26.1 Å². The highest BCUT2D eigenvalue weighted by Gasteiger charge is 2.18. The Balaban J connectivity index is 2.70.